The van der Waals surface area contributed by atoms with Gasteiger partial charge < -0.3 is 9.88 Å². The highest BCUT2D eigenvalue weighted by atomic mass is 19.1. The van der Waals surface area contributed by atoms with Gasteiger partial charge in [-0.15, -0.1) is 10.2 Å². The zero-order chi connectivity index (χ0) is 17.2. The van der Waals surface area contributed by atoms with Crippen molar-refractivity contribution in [2.45, 2.75) is 32.4 Å². The minimum Gasteiger partial charge on any atom is -0.316 e. The molecule has 3 atom stereocenters. The summed E-state index contributed by atoms with van der Waals surface area (Å²) < 4.78 is 15.4. The van der Waals surface area contributed by atoms with E-state index < -0.39 is 0 Å². The predicted octanol–water partition coefficient (Wildman–Crippen LogP) is 1.34. The summed E-state index contributed by atoms with van der Waals surface area (Å²) in [5, 5.41) is 12.1. The molecule has 0 saturated carbocycles. The third-order valence-electron chi connectivity index (χ3n) is 5.39. The Kier molecular flexibility index (Phi) is 4.78. The second-order valence-electron chi connectivity index (χ2n) is 7.15. The first-order valence-electron chi connectivity index (χ1n) is 9.04. The topological polar surface area (TPSA) is 66.8 Å². The number of fused-ring (bicyclic) bond motifs is 1. The molecule has 2 aliphatic rings. The predicted molar refractivity (Wildman–Crippen MR) is 93.2 cm³/mol. The lowest BCUT2D eigenvalue weighted by molar-refractivity contribution is 0.331. The van der Waals surface area contributed by atoms with E-state index in [1.165, 1.54) is 12.1 Å². The van der Waals surface area contributed by atoms with E-state index in [-0.39, 0.29) is 11.9 Å². The van der Waals surface area contributed by atoms with Crippen molar-refractivity contribution in [3.63, 3.8) is 0 Å². The molecule has 0 spiro atoms. The highest BCUT2D eigenvalue weighted by Crippen LogP contribution is 2.25. The van der Waals surface area contributed by atoms with E-state index in [1.54, 1.807) is 0 Å². The Morgan fingerprint density at radius 2 is 2.08 bits per heavy atom. The number of nitrogens with one attached hydrogen (secondary N) is 3. The van der Waals surface area contributed by atoms with Crippen molar-refractivity contribution in [3.05, 3.63) is 47.3 Å². The summed E-state index contributed by atoms with van der Waals surface area (Å²) in [6.45, 7) is 5.88. The van der Waals surface area contributed by atoms with Crippen molar-refractivity contribution in [2.24, 2.45) is 11.8 Å². The van der Waals surface area contributed by atoms with Gasteiger partial charge in [-0.3, -0.25) is 5.43 Å². The molecule has 6 nitrogen and oxygen atoms in total. The molecule has 2 aromatic rings. The average molecular weight is 344 g/mol. The van der Waals surface area contributed by atoms with Crippen LogP contribution in [0.25, 0.3) is 0 Å². The van der Waals surface area contributed by atoms with Crippen molar-refractivity contribution in [1.29, 1.82) is 0 Å². The maximum absolute atomic E-state index is 13.1. The Hall–Kier alpha value is -1.83. The summed E-state index contributed by atoms with van der Waals surface area (Å²) in [5.41, 5.74) is 7.68. The van der Waals surface area contributed by atoms with Crippen LogP contribution in [0.2, 0.25) is 0 Å². The van der Waals surface area contributed by atoms with E-state index in [2.05, 4.69) is 30.9 Å². The largest absolute Gasteiger partial charge is 0.316 e. The van der Waals surface area contributed by atoms with Crippen LogP contribution in [0.15, 0.2) is 24.3 Å². The highest BCUT2D eigenvalue weighted by molar-refractivity contribution is 5.21. The van der Waals surface area contributed by atoms with Crippen molar-refractivity contribution >= 4 is 0 Å². The van der Waals surface area contributed by atoms with E-state index in [0.717, 1.165) is 56.2 Å². The zero-order valence-electron chi connectivity index (χ0n) is 14.5. The lowest BCUT2D eigenvalue weighted by Crippen LogP contribution is -2.35. The van der Waals surface area contributed by atoms with Gasteiger partial charge in [0.05, 0.1) is 6.04 Å². The van der Waals surface area contributed by atoms with Gasteiger partial charge in [-0.2, -0.15) is 0 Å². The van der Waals surface area contributed by atoms with E-state index >= 15 is 0 Å². The fraction of sp³-hybridized carbons (Fsp3) is 0.556. The molecule has 0 aliphatic carbocycles. The molecule has 0 bridgehead atoms. The molecule has 3 unspecified atom stereocenters. The Morgan fingerprint density at radius 1 is 1.24 bits per heavy atom. The lowest BCUT2D eigenvalue weighted by Gasteiger charge is -2.25. The quantitative estimate of drug-likeness (QED) is 0.764. The number of benzene rings is 1. The Labute approximate surface area is 147 Å². The molecule has 4 rings (SSSR count). The number of halogens is 1. The molecular weight excluding hydrogens is 319 g/mol. The Balaban J connectivity index is 1.29. The molecule has 3 N–H and O–H groups in total. The van der Waals surface area contributed by atoms with E-state index in [0.29, 0.717) is 11.8 Å². The summed E-state index contributed by atoms with van der Waals surface area (Å²) >= 11 is 0. The molecule has 0 radical (unpaired) electrons. The smallest absolute Gasteiger partial charge is 0.133 e. The second kappa shape index (κ2) is 7.19. The standard InChI is InChI=1S/C18H25FN6/c1-12-22-23-17-7-2-13(11-25(12)17)8-20-9-15-10-21-24-18(15)14-3-5-16(19)6-4-14/h3-6,13,15,18,20-21,24H,2,7-11H2,1H3. The molecule has 1 aromatic heterocycles. The monoisotopic (exact) mass is 344 g/mol. The summed E-state index contributed by atoms with van der Waals surface area (Å²) in [6, 6.07) is 7.00. The molecule has 1 fully saturated rings. The molecule has 25 heavy (non-hydrogen) atoms. The SMILES string of the molecule is Cc1nnc2n1CC(CNCC1CNNC1c1ccc(F)cc1)CC2. The van der Waals surface area contributed by atoms with Crippen molar-refractivity contribution in [1.82, 2.24) is 30.9 Å². The number of hydrogen-bond acceptors (Lipinski definition) is 5. The van der Waals surface area contributed by atoms with Crippen LogP contribution in [-0.2, 0) is 13.0 Å². The van der Waals surface area contributed by atoms with E-state index in [4.69, 9.17) is 0 Å². The first-order valence-corrected chi connectivity index (χ1v) is 9.04. The zero-order valence-corrected chi connectivity index (χ0v) is 14.5. The van der Waals surface area contributed by atoms with Crippen molar-refractivity contribution in [3.8, 4) is 0 Å². The summed E-state index contributed by atoms with van der Waals surface area (Å²) in [5.74, 6) is 3.01. The molecule has 2 aliphatic heterocycles. The molecule has 1 saturated heterocycles. The van der Waals surface area contributed by atoms with Crippen LogP contribution < -0.4 is 16.2 Å². The van der Waals surface area contributed by atoms with Crippen LogP contribution >= 0.6 is 0 Å². The van der Waals surface area contributed by atoms with Crippen LogP contribution in [0.1, 0.15) is 29.7 Å². The third kappa shape index (κ3) is 3.58. The van der Waals surface area contributed by atoms with Crippen LogP contribution in [0.3, 0.4) is 0 Å². The van der Waals surface area contributed by atoms with Crippen LogP contribution in [0, 0.1) is 24.6 Å². The molecule has 0 amide bonds. The number of nitrogens with zero attached hydrogens (tertiary/aromatic N) is 3. The molecular formula is C18H25FN6. The van der Waals surface area contributed by atoms with Crippen molar-refractivity contribution < 1.29 is 4.39 Å². The maximum atomic E-state index is 13.1. The van der Waals surface area contributed by atoms with E-state index in [9.17, 15) is 4.39 Å². The Morgan fingerprint density at radius 3 is 2.92 bits per heavy atom. The van der Waals surface area contributed by atoms with Gasteiger partial charge in [0.2, 0.25) is 0 Å². The highest BCUT2D eigenvalue weighted by Gasteiger charge is 2.28. The fourth-order valence-electron chi connectivity index (χ4n) is 3.92. The first kappa shape index (κ1) is 16.6. The van der Waals surface area contributed by atoms with Crippen LogP contribution in [-0.4, -0.2) is 34.4 Å². The summed E-state index contributed by atoms with van der Waals surface area (Å²) in [7, 11) is 0. The van der Waals surface area contributed by atoms with Gasteiger partial charge in [0.25, 0.3) is 0 Å². The second-order valence-corrected chi connectivity index (χ2v) is 7.15. The third-order valence-corrected chi connectivity index (χ3v) is 5.39. The maximum Gasteiger partial charge on any atom is 0.133 e. The first-order chi connectivity index (χ1) is 12.2. The van der Waals surface area contributed by atoms with Gasteiger partial charge in [0.1, 0.15) is 17.5 Å². The summed E-state index contributed by atoms with van der Waals surface area (Å²) in [4.78, 5) is 0. The van der Waals surface area contributed by atoms with Crippen molar-refractivity contribution in [2.75, 3.05) is 19.6 Å². The number of aromatic nitrogens is 3. The minimum absolute atomic E-state index is 0.190. The van der Waals surface area contributed by atoms with Gasteiger partial charge in [-0.1, -0.05) is 12.1 Å². The molecule has 3 heterocycles. The van der Waals surface area contributed by atoms with Crippen LogP contribution in [0.5, 0.6) is 0 Å². The lowest BCUT2D eigenvalue weighted by atomic mass is 9.94. The molecule has 1 aromatic carbocycles. The summed E-state index contributed by atoms with van der Waals surface area (Å²) in [6.07, 6.45) is 2.17. The average Bonchev–Trinajstić information content (AvgIpc) is 3.23. The number of hydrazine groups is 1. The fourth-order valence-corrected chi connectivity index (χ4v) is 3.92. The minimum atomic E-state index is -0.190. The normalized spacial score (nSPS) is 25.9. The van der Waals surface area contributed by atoms with Gasteiger partial charge in [-0.05, 0) is 43.5 Å². The van der Waals surface area contributed by atoms with Gasteiger partial charge in [0, 0.05) is 32.0 Å². The number of hydrogen-bond donors (Lipinski definition) is 3. The van der Waals surface area contributed by atoms with Crippen LogP contribution in [0.4, 0.5) is 4.39 Å². The van der Waals surface area contributed by atoms with E-state index in [1.807, 2.05) is 19.1 Å². The number of aryl methyl sites for hydroxylation is 2. The van der Waals surface area contributed by atoms with Gasteiger partial charge >= 0.3 is 0 Å². The Bertz CT molecular complexity index is 713. The van der Waals surface area contributed by atoms with Gasteiger partial charge in [0.15, 0.2) is 0 Å². The molecule has 7 heteroatoms. The van der Waals surface area contributed by atoms with Gasteiger partial charge in [-0.25, -0.2) is 9.82 Å². The number of rotatable bonds is 5. The molecule has 134 valence electrons.